The molecule has 0 saturated carbocycles. The molecule has 0 aromatic rings. The Balaban J connectivity index is 2.65. The van der Waals surface area contributed by atoms with Gasteiger partial charge in [0.1, 0.15) is 0 Å². The molecule has 0 spiro atoms. The second-order valence-corrected chi connectivity index (χ2v) is 5.76. The molecular formula is C10H21NS. The Morgan fingerprint density at radius 1 is 1.42 bits per heavy atom. The molecule has 1 rings (SSSR count). The molecule has 0 aromatic carbocycles. The van der Waals surface area contributed by atoms with E-state index in [1.54, 1.807) is 0 Å². The van der Waals surface area contributed by atoms with Gasteiger partial charge in [0, 0.05) is 11.3 Å². The fourth-order valence-corrected chi connectivity index (χ4v) is 3.67. The summed E-state index contributed by atoms with van der Waals surface area (Å²) in [7, 11) is 0. The average Bonchev–Trinajstić information content (AvgIpc) is 2.52. The van der Waals surface area contributed by atoms with Gasteiger partial charge in [0.15, 0.2) is 0 Å². The van der Waals surface area contributed by atoms with Gasteiger partial charge in [-0.25, -0.2) is 0 Å². The van der Waals surface area contributed by atoms with Crippen LogP contribution in [0.3, 0.4) is 0 Å². The van der Waals surface area contributed by atoms with Crippen LogP contribution in [0, 0.1) is 11.8 Å². The molecule has 2 atom stereocenters. The van der Waals surface area contributed by atoms with Crippen molar-refractivity contribution in [2.24, 2.45) is 17.6 Å². The zero-order chi connectivity index (χ0) is 9.19. The van der Waals surface area contributed by atoms with Gasteiger partial charge in [0.25, 0.3) is 0 Å². The standard InChI is InChI=1S/C10H21NS/c1-8(2)9(3)10(7-11)5-4-6-12-10/h8-9H,4-7,11H2,1-3H3. The minimum Gasteiger partial charge on any atom is -0.329 e. The third kappa shape index (κ3) is 1.80. The Hall–Kier alpha value is 0.310. The lowest BCUT2D eigenvalue weighted by Crippen LogP contribution is -2.40. The molecule has 0 bridgehead atoms. The first kappa shape index (κ1) is 10.4. The highest BCUT2D eigenvalue weighted by Gasteiger charge is 2.39. The van der Waals surface area contributed by atoms with E-state index in [1.165, 1.54) is 18.6 Å². The molecule has 1 saturated heterocycles. The van der Waals surface area contributed by atoms with Crippen LogP contribution in [0.15, 0.2) is 0 Å². The first-order valence-electron chi connectivity index (χ1n) is 4.96. The molecule has 0 amide bonds. The van der Waals surface area contributed by atoms with E-state index >= 15 is 0 Å². The first-order valence-corrected chi connectivity index (χ1v) is 5.95. The molecule has 72 valence electrons. The molecular weight excluding hydrogens is 166 g/mol. The lowest BCUT2D eigenvalue weighted by atomic mass is 9.82. The number of thioether (sulfide) groups is 1. The first-order chi connectivity index (χ1) is 5.62. The van der Waals surface area contributed by atoms with Gasteiger partial charge in [0.2, 0.25) is 0 Å². The molecule has 1 aliphatic heterocycles. The minimum absolute atomic E-state index is 0.411. The maximum Gasteiger partial charge on any atom is 0.0310 e. The number of rotatable bonds is 3. The minimum atomic E-state index is 0.411. The molecule has 0 aromatic heterocycles. The van der Waals surface area contributed by atoms with Crippen molar-refractivity contribution < 1.29 is 0 Å². The van der Waals surface area contributed by atoms with Crippen LogP contribution in [0.5, 0.6) is 0 Å². The highest BCUT2D eigenvalue weighted by Crippen LogP contribution is 2.45. The summed E-state index contributed by atoms with van der Waals surface area (Å²) >= 11 is 2.10. The summed E-state index contributed by atoms with van der Waals surface area (Å²) in [5.41, 5.74) is 5.89. The monoisotopic (exact) mass is 187 g/mol. The normalized spacial score (nSPS) is 32.8. The van der Waals surface area contributed by atoms with Gasteiger partial charge in [0.05, 0.1) is 0 Å². The second-order valence-electron chi connectivity index (χ2n) is 4.25. The molecule has 2 N–H and O–H groups in total. The third-order valence-corrected chi connectivity index (χ3v) is 5.12. The van der Waals surface area contributed by atoms with Crippen LogP contribution in [-0.4, -0.2) is 17.0 Å². The van der Waals surface area contributed by atoms with Crippen LogP contribution < -0.4 is 5.73 Å². The molecule has 1 aliphatic rings. The fraction of sp³-hybridized carbons (Fsp3) is 1.00. The van der Waals surface area contributed by atoms with E-state index < -0.39 is 0 Å². The molecule has 1 nitrogen and oxygen atoms in total. The van der Waals surface area contributed by atoms with Gasteiger partial charge in [-0.2, -0.15) is 11.8 Å². The Kier molecular flexibility index (Phi) is 3.47. The van der Waals surface area contributed by atoms with Crippen LogP contribution in [0.25, 0.3) is 0 Å². The SMILES string of the molecule is CC(C)C(C)C1(CN)CCCS1. The van der Waals surface area contributed by atoms with Crippen molar-refractivity contribution in [3.05, 3.63) is 0 Å². The summed E-state index contributed by atoms with van der Waals surface area (Å²) in [5, 5.41) is 0. The Morgan fingerprint density at radius 2 is 2.08 bits per heavy atom. The van der Waals surface area contributed by atoms with E-state index in [2.05, 4.69) is 32.5 Å². The molecule has 1 heterocycles. The number of hydrogen-bond donors (Lipinski definition) is 1. The van der Waals surface area contributed by atoms with Gasteiger partial charge < -0.3 is 5.73 Å². The lowest BCUT2D eigenvalue weighted by Gasteiger charge is -2.36. The highest BCUT2D eigenvalue weighted by atomic mass is 32.2. The lowest BCUT2D eigenvalue weighted by molar-refractivity contribution is 0.310. The largest absolute Gasteiger partial charge is 0.329 e. The fourth-order valence-electron chi connectivity index (χ4n) is 2.03. The average molecular weight is 187 g/mol. The Bertz CT molecular complexity index is 139. The van der Waals surface area contributed by atoms with E-state index in [0.717, 1.165) is 18.4 Å². The summed E-state index contributed by atoms with van der Waals surface area (Å²) in [6.45, 7) is 7.83. The Labute approximate surface area is 80.5 Å². The van der Waals surface area contributed by atoms with Crippen molar-refractivity contribution in [3.63, 3.8) is 0 Å². The van der Waals surface area contributed by atoms with Crippen molar-refractivity contribution >= 4 is 11.8 Å². The van der Waals surface area contributed by atoms with Gasteiger partial charge >= 0.3 is 0 Å². The number of nitrogens with two attached hydrogens (primary N) is 1. The van der Waals surface area contributed by atoms with Crippen LogP contribution in [-0.2, 0) is 0 Å². The molecule has 0 radical (unpaired) electrons. The Morgan fingerprint density at radius 3 is 2.42 bits per heavy atom. The van der Waals surface area contributed by atoms with E-state index in [1.807, 2.05) is 0 Å². The topological polar surface area (TPSA) is 26.0 Å². The highest BCUT2D eigenvalue weighted by molar-refractivity contribution is 8.00. The number of hydrogen-bond acceptors (Lipinski definition) is 2. The second kappa shape index (κ2) is 4.01. The summed E-state index contributed by atoms with van der Waals surface area (Å²) in [5.74, 6) is 2.84. The molecule has 12 heavy (non-hydrogen) atoms. The van der Waals surface area contributed by atoms with Gasteiger partial charge in [-0.05, 0) is 30.4 Å². The van der Waals surface area contributed by atoms with Gasteiger partial charge in [-0.3, -0.25) is 0 Å². The third-order valence-electron chi connectivity index (χ3n) is 3.31. The predicted octanol–water partition coefficient (Wildman–Crippen LogP) is 2.50. The van der Waals surface area contributed by atoms with Crippen molar-refractivity contribution in [2.75, 3.05) is 12.3 Å². The molecule has 0 aliphatic carbocycles. The van der Waals surface area contributed by atoms with Crippen LogP contribution in [0.2, 0.25) is 0 Å². The van der Waals surface area contributed by atoms with Crippen molar-refractivity contribution in [1.29, 1.82) is 0 Å². The predicted molar refractivity (Wildman–Crippen MR) is 57.5 cm³/mol. The maximum absolute atomic E-state index is 5.89. The molecule has 2 unspecified atom stereocenters. The van der Waals surface area contributed by atoms with E-state index in [4.69, 9.17) is 5.73 Å². The van der Waals surface area contributed by atoms with Gasteiger partial charge in [-0.1, -0.05) is 20.8 Å². The summed E-state index contributed by atoms with van der Waals surface area (Å²) < 4.78 is 0.411. The summed E-state index contributed by atoms with van der Waals surface area (Å²) in [6.07, 6.45) is 2.69. The smallest absolute Gasteiger partial charge is 0.0310 e. The van der Waals surface area contributed by atoms with Crippen molar-refractivity contribution in [3.8, 4) is 0 Å². The zero-order valence-electron chi connectivity index (χ0n) is 8.47. The summed E-state index contributed by atoms with van der Waals surface area (Å²) in [4.78, 5) is 0. The van der Waals surface area contributed by atoms with Crippen LogP contribution in [0.4, 0.5) is 0 Å². The summed E-state index contributed by atoms with van der Waals surface area (Å²) in [6, 6.07) is 0. The van der Waals surface area contributed by atoms with Crippen molar-refractivity contribution in [2.45, 2.75) is 38.4 Å². The van der Waals surface area contributed by atoms with Crippen LogP contribution in [0.1, 0.15) is 33.6 Å². The van der Waals surface area contributed by atoms with E-state index in [0.29, 0.717) is 4.75 Å². The zero-order valence-corrected chi connectivity index (χ0v) is 9.29. The molecule has 2 heteroatoms. The maximum atomic E-state index is 5.89. The van der Waals surface area contributed by atoms with Crippen molar-refractivity contribution in [1.82, 2.24) is 0 Å². The van der Waals surface area contributed by atoms with Crippen LogP contribution >= 0.6 is 11.8 Å². The van der Waals surface area contributed by atoms with Gasteiger partial charge in [-0.15, -0.1) is 0 Å². The van der Waals surface area contributed by atoms with E-state index in [9.17, 15) is 0 Å². The van der Waals surface area contributed by atoms with E-state index in [-0.39, 0.29) is 0 Å². The quantitative estimate of drug-likeness (QED) is 0.734. The molecule has 1 fully saturated rings.